The fourth-order valence-corrected chi connectivity index (χ4v) is 2.73. The molecule has 1 N–H and O–H groups in total. The van der Waals surface area contributed by atoms with Crippen molar-refractivity contribution in [3.8, 4) is 5.75 Å². The van der Waals surface area contributed by atoms with Gasteiger partial charge < -0.3 is 14.6 Å². The van der Waals surface area contributed by atoms with Crippen LogP contribution in [0.4, 0.5) is 0 Å². The lowest BCUT2D eigenvalue weighted by Crippen LogP contribution is -2.27. The molecule has 22 heavy (non-hydrogen) atoms. The van der Waals surface area contributed by atoms with Gasteiger partial charge in [0.15, 0.2) is 6.10 Å². The van der Waals surface area contributed by atoms with Crippen molar-refractivity contribution < 1.29 is 19.4 Å². The van der Waals surface area contributed by atoms with E-state index in [0.29, 0.717) is 18.8 Å². The number of hydrogen-bond acceptors (Lipinski definition) is 3. The molecule has 120 valence electrons. The van der Waals surface area contributed by atoms with Crippen molar-refractivity contribution in [3.05, 3.63) is 41.5 Å². The summed E-state index contributed by atoms with van der Waals surface area (Å²) < 4.78 is 10.9. The van der Waals surface area contributed by atoms with E-state index in [9.17, 15) is 9.90 Å². The maximum atomic E-state index is 11.5. The third-order valence-electron chi connectivity index (χ3n) is 3.93. The molecule has 1 atom stereocenters. The molecule has 4 nitrogen and oxygen atoms in total. The van der Waals surface area contributed by atoms with Gasteiger partial charge >= 0.3 is 5.97 Å². The molecule has 0 spiro atoms. The van der Waals surface area contributed by atoms with Crippen molar-refractivity contribution in [1.29, 1.82) is 0 Å². The van der Waals surface area contributed by atoms with Gasteiger partial charge in [-0.25, -0.2) is 4.79 Å². The van der Waals surface area contributed by atoms with Gasteiger partial charge in [0.05, 0.1) is 6.61 Å². The molecule has 0 fully saturated rings. The maximum absolute atomic E-state index is 11.5. The number of aliphatic carboxylic acids is 1. The second kappa shape index (κ2) is 8.59. The third kappa shape index (κ3) is 4.88. The van der Waals surface area contributed by atoms with Gasteiger partial charge in [0.25, 0.3) is 0 Å². The van der Waals surface area contributed by atoms with E-state index in [0.717, 1.165) is 24.8 Å². The van der Waals surface area contributed by atoms with Crippen LogP contribution in [0.1, 0.15) is 44.1 Å². The second-order valence-electron chi connectivity index (χ2n) is 5.63. The molecule has 0 heterocycles. The Kier molecular flexibility index (Phi) is 6.46. The summed E-state index contributed by atoms with van der Waals surface area (Å²) in [5.41, 5.74) is 2.24. The van der Waals surface area contributed by atoms with E-state index < -0.39 is 12.1 Å². The summed E-state index contributed by atoms with van der Waals surface area (Å²) in [6.45, 7) is 0.410. The topological polar surface area (TPSA) is 55.8 Å². The number of methoxy groups -OCH3 is 1. The molecule has 0 saturated carbocycles. The summed E-state index contributed by atoms with van der Waals surface area (Å²) in [5.74, 6) is -0.321. The van der Waals surface area contributed by atoms with Gasteiger partial charge in [-0.3, -0.25) is 0 Å². The van der Waals surface area contributed by atoms with E-state index in [4.69, 9.17) is 9.47 Å². The molecule has 0 aliphatic heterocycles. The van der Waals surface area contributed by atoms with Crippen LogP contribution in [0.15, 0.2) is 35.9 Å². The number of carboxylic acids is 1. The smallest absolute Gasteiger partial charge is 0.344 e. The zero-order chi connectivity index (χ0) is 15.8. The molecule has 0 saturated heterocycles. The maximum Gasteiger partial charge on any atom is 0.344 e. The molecule has 2 rings (SSSR count). The lowest BCUT2D eigenvalue weighted by atomic mass is 9.95. The molecule has 1 aliphatic carbocycles. The molecule has 4 heteroatoms. The van der Waals surface area contributed by atoms with Crippen LogP contribution in [0.25, 0.3) is 0 Å². The van der Waals surface area contributed by atoms with Gasteiger partial charge in [-0.15, -0.1) is 0 Å². The molecular formula is C18H24O4. The first-order valence-electron chi connectivity index (χ1n) is 7.85. The standard InChI is InChI=1S/C18H24O4/c1-21-13-15-9-5-6-10-16(15)22-17(18(19)20)12-11-14-7-3-2-4-8-14/h5-7,9-10,17H,2-4,8,11-13H2,1H3,(H,19,20). The van der Waals surface area contributed by atoms with Crippen LogP contribution >= 0.6 is 0 Å². The van der Waals surface area contributed by atoms with E-state index >= 15 is 0 Å². The number of allylic oxidation sites excluding steroid dienone is 2. The predicted octanol–water partition coefficient (Wildman–Crippen LogP) is 3.95. The van der Waals surface area contributed by atoms with Gasteiger partial charge in [-0.2, -0.15) is 0 Å². The van der Waals surface area contributed by atoms with Crippen LogP contribution in [0.2, 0.25) is 0 Å². The summed E-state index contributed by atoms with van der Waals surface area (Å²) in [4.78, 5) is 11.5. The highest BCUT2D eigenvalue weighted by atomic mass is 16.5. The zero-order valence-electron chi connectivity index (χ0n) is 13.1. The molecule has 0 aromatic heterocycles. The third-order valence-corrected chi connectivity index (χ3v) is 3.93. The minimum Gasteiger partial charge on any atom is -0.479 e. The fraction of sp³-hybridized carbons (Fsp3) is 0.500. The van der Waals surface area contributed by atoms with E-state index in [-0.39, 0.29) is 0 Å². The van der Waals surface area contributed by atoms with Crippen molar-refractivity contribution in [2.75, 3.05) is 7.11 Å². The van der Waals surface area contributed by atoms with Gasteiger partial charge in [-0.1, -0.05) is 29.8 Å². The average Bonchev–Trinajstić information content (AvgIpc) is 2.54. The van der Waals surface area contributed by atoms with Crippen LogP contribution < -0.4 is 4.74 Å². The van der Waals surface area contributed by atoms with Crippen LogP contribution in [-0.2, 0) is 16.1 Å². The summed E-state index contributed by atoms with van der Waals surface area (Å²) >= 11 is 0. The molecular weight excluding hydrogens is 280 g/mol. The first kappa shape index (κ1) is 16.6. The number of para-hydroxylation sites is 1. The normalized spacial score (nSPS) is 16.0. The van der Waals surface area contributed by atoms with Crippen molar-refractivity contribution in [1.82, 2.24) is 0 Å². The summed E-state index contributed by atoms with van der Waals surface area (Å²) in [6.07, 6.45) is 7.39. The fourth-order valence-electron chi connectivity index (χ4n) is 2.73. The molecule has 1 aromatic rings. The van der Waals surface area contributed by atoms with E-state index in [1.54, 1.807) is 13.2 Å². The zero-order valence-corrected chi connectivity index (χ0v) is 13.1. The van der Waals surface area contributed by atoms with E-state index in [2.05, 4.69) is 6.08 Å². The van der Waals surface area contributed by atoms with Crippen molar-refractivity contribution in [2.45, 2.75) is 51.2 Å². The molecule has 0 amide bonds. The van der Waals surface area contributed by atoms with Gasteiger partial charge in [-0.05, 0) is 44.6 Å². The van der Waals surface area contributed by atoms with Crippen molar-refractivity contribution in [3.63, 3.8) is 0 Å². The lowest BCUT2D eigenvalue weighted by Gasteiger charge is -2.19. The van der Waals surface area contributed by atoms with Gasteiger partial charge in [0.1, 0.15) is 5.75 Å². The Hall–Kier alpha value is -1.81. The Balaban J connectivity index is 1.99. The number of hydrogen-bond donors (Lipinski definition) is 1. The highest BCUT2D eigenvalue weighted by Gasteiger charge is 2.21. The number of rotatable bonds is 8. The Bertz CT molecular complexity index is 522. The molecule has 1 aromatic carbocycles. The van der Waals surface area contributed by atoms with Crippen LogP contribution in [0.3, 0.4) is 0 Å². The number of carbonyl (C=O) groups is 1. The number of benzene rings is 1. The Morgan fingerprint density at radius 3 is 2.82 bits per heavy atom. The average molecular weight is 304 g/mol. The van der Waals surface area contributed by atoms with Crippen molar-refractivity contribution in [2.24, 2.45) is 0 Å². The largest absolute Gasteiger partial charge is 0.479 e. The highest BCUT2D eigenvalue weighted by Crippen LogP contribution is 2.25. The van der Waals surface area contributed by atoms with Crippen molar-refractivity contribution >= 4 is 5.97 Å². The first-order valence-corrected chi connectivity index (χ1v) is 7.85. The Morgan fingerprint density at radius 2 is 2.14 bits per heavy atom. The molecule has 1 aliphatic rings. The van der Waals surface area contributed by atoms with Gasteiger partial charge in [0, 0.05) is 12.7 Å². The predicted molar refractivity (Wildman–Crippen MR) is 85.0 cm³/mol. The van der Waals surface area contributed by atoms with E-state index in [1.165, 1.54) is 18.4 Å². The molecule has 0 bridgehead atoms. The van der Waals surface area contributed by atoms with Crippen LogP contribution in [0.5, 0.6) is 5.75 Å². The minimum absolute atomic E-state index is 0.410. The quantitative estimate of drug-likeness (QED) is 0.739. The summed E-state index contributed by atoms with van der Waals surface area (Å²) in [6, 6.07) is 7.42. The van der Waals surface area contributed by atoms with Gasteiger partial charge in [0.2, 0.25) is 0 Å². The Morgan fingerprint density at radius 1 is 1.32 bits per heavy atom. The van der Waals surface area contributed by atoms with Crippen LogP contribution in [0, 0.1) is 0 Å². The lowest BCUT2D eigenvalue weighted by molar-refractivity contribution is -0.145. The van der Waals surface area contributed by atoms with Crippen LogP contribution in [-0.4, -0.2) is 24.3 Å². The summed E-state index contributed by atoms with van der Waals surface area (Å²) in [5, 5.41) is 9.41. The minimum atomic E-state index is -0.913. The monoisotopic (exact) mass is 304 g/mol. The molecule has 0 radical (unpaired) electrons. The second-order valence-corrected chi connectivity index (χ2v) is 5.63. The summed E-state index contributed by atoms with van der Waals surface area (Å²) in [7, 11) is 1.61. The first-order chi connectivity index (χ1) is 10.7. The highest BCUT2D eigenvalue weighted by molar-refractivity contribution is 5.72. The van der Waals surface area contributed by atoms with E-state index in [1.807, 2.05) is 18.2 Å². The number of ether oxygens (including phenoxy) is 2. The molecule has 1 unspecified atom stereocenters. The number of carboxylic acid groups (broad SMARTS) is 1. The Labute approximate surface area is 131 Å². The SMILES string of the molecule is COCc1ccccc1OC(CCC1=CCCCC1)C(=O)O.